The van der Waals surface area contributed by atoms with Gasteiger partial charge in [-0.1, -0.05) is 0 Å². The lowest BCUT2D eigenvalue weighted by atomic mass is 10.1. The number of nitrogens with zero attached hydrogens (tertiary/aromatic N) is 1. The van der Waals surface area contributed by atoms with Crippen LogP contribution >= 0.6 is 0 Å². The van der Waals surface area contributed by atoms with Crippen molar-refractivity contribution in [3.8, 4) is 0 Å². The van der Waals surface area contributed by atoms with Gasteiger partial charge in [0.2, 0.25) is 0 Å². The molecule has 1 aliphatic heterocycles. The minimum absolute atomic E-state index is 0.262. The molecule has 4 heteroatoms. The summed E-state index contributed by atoms with van der Waals surface area (Å²) in [7, 11) is 0. The Balaban J connectivity index is 1.98. The summed E-state index contributed by atoms with van der Waals surface area (Å²) >= 11 is 0. The highest BCUT2D eigenvalue weighted by atomic mass is 16.4. The number of hydrogen-bond donors (Lipinski definition) is 2. The van der Waals surface area contributed by atoms with Crippen molar-refractivity contribution < 1.29 is 15.0 Å². The van der Waals surface area contributed by atoms with E-state index in [1.54, 1.807) is 12.1 Å². The molecule has 0 unspecified atom stereocenters. The first-order valence-electron chi connectivity index (χ1n) is 6.44. The van der Waals surface area contributed by atoms with E-state index in [1.807, 2.05) is 6.07 Å². The third-order valence-electron chi connectivity index (χ3n) is 3.40. The number of unbranched alkanes of at least 4 members (excludes halogenated alkanes) is 2. The van der Waals surface area contributed by atoms with Crippen LogP contribution in [0.1, 0.15) is 35.2 Å². The Morgan fingerprint density at radius 1 is 1.28 bits per heavy atom. The number of rotatable bonds is 6. The molecule has 1 aromatic rings. The Morgan fingerprint density at radius 2 is 2.11 bits per heavy atom. The maximum Gasteiger partial charge on any atom is 0.335 e. The van der Waals surface area contributed by atoms with E-state index in [0.717, 1.165) is 44.3 Å². The summed E-state index contributed by atoms with van der Waals surface area (Å²) in [5, 5.41) is 17.7. The van der Waals surface area contributed by atoms with Gasteiger partial charge in [-0.2, -0.15) is 0 Å². The second kappa shape index (κ2) is 5.87. The van der Waals surface area contributed by atoms with Crippen LogP contribution in [0.5, 0.6) is 0 Å². The molecule has 0 saturated carbocycles. The van der Waals surface area contributed by atoms with Crippen molar-refractivity contribution in [3.05, 3.63) is 29.3 Å². The molecule has 0 aliphatic carbocycles. The molecule has 1 heterocycles. The standard InChI is InChI=1S/C14H19NO3/c16-9-3-1-2-7-15-8-6-11-10-12(14(17)18)4-5-13(11)15/h4-5,10,16H,1-3,6-9H2,(H,17,18). The maximum atomic E-state index is 10.9. The fraction of sp³-hybridized carbons (Fsp3) is 0.500. The highest BCUT2D eigenvalue weighted by molar-refractivity contribution is 5.88. The predicted molar refractivity (Wildman–Crippen MR) is 70.3 cm³/mol. The zero-order valence-corrected chi connectivity index (χ0v) is 10.4. The minimum Gasteiger partial charge on any atom is -0.478 e. The van der Waals surface area contributed by atoms with E-state index in [9.17, 15) is 4.79 Å². The molecule has 0 fully saturated rings. The Labute approximate surface area is 107 Å². The molecule has 0 radical (unpaired) electrons. The molecule has 0 saturated heterocycles. The topological polar surface area (TPSA) is 60.8 Å². The van der Waals surface area contributed by atoms with Crippen molar-refractivity contribution in [1.82, 2.24) is 0 Å². The van der Waals surface area contributed by atoms with E-state index in [2.05, 4.69) is 4.90 Å². The Morgan fingerprint density at radius 3 is 2.83 bits per heavy atom. The molecule has 0 bridgehead atoms. The van der Waals surface area contributed by atoms with Crippen LogP contribution in [-0.4, -0.2) is 35.9 Å². The summed E-state index contributed by atoms with van der Waals surface area (Å²) in [6, 6.07) is 5.37. The number of anilines is 1. The first-order valence-corrected chi connectivity index (χ1v) is 6.44. The number of carboxylic acids is 1. The molecular weight excluding hydrogens is 230 g/mol. The second-order valence-electron chi connectivity index (χ2n) is 4.67. The van der Waals surface area contributed by atoms with E-state index < -0.39 is 5.97 Å². The average molecular weight is 249 g/mol. The smallest absolute Gasteiger partial charge is 0.335 e. The van der Waals surface area contributed by atoms with E-state index in [-0.39, 0.29) is 6.61 Å². The van der Waals surface area contributed by atoms with Crippen LogP contribution in [0.3, 0.4) is 0 Å². The normalized spacial score (nSPS) is 13.7. The molecule has 1 aliphatic rings. The summed E-state index contributed by atoms with van der Waals surface area (Å²) in [6.45, 7) is 2.22. The van der Waals surface area contributed by atoms with E-state index >= 15 is 0 Å². The number of hydrogen-bond acceptors (Lipinski definition) is 3. The zero-order chi connectivity index (χ0) is 13.0. The third-order valence-corrected chi connectivity index (χ3v) is 3.40. The van der Waals surface area contributed by atoms with Crippen LogP contribution < -0.4 is 4.90 Å². The van der Waals surface area contributed by atoms with Crippen molar-refractivity contribution >= 4 is 11.7 Å². The van der Waals surface area contributed by atoms with Crippen LogP contribution in [0.2, 0.25) is 0 Å². The van der Waals surface area contributed by atoms with Crippen molar-refractivity contribution in [3.63, 3.8) is 0 Å². The van der Waals surface area contributed by atoms with Gasteiger partial charge in [0.15, 0.2) is 0 Å². The quantitative estimate of drug-likeness (QED) is 0.756. The minimum atomic E-state index is -0.862. The Kier molecular flexibility index (Phi) is 4.20. The van der Waals surface area contributed by atoms with Crippen molar-refractivity contribution in [1.29, 1.82) is 0 Å². The molecular formula is C14H19NO3. The van der Waals surface area contributed by atoms with Crippen LogP contribution in [0.25, 0.3) is 0 Å². The molecule has 98 valence electrons. The predicted octanol–water partition coefficient (Wildman–Crippen LogP) is 1.91. The third kappa shape index (κ3) is 2.82. The van der Waals surface area contributed by atoms with Crippen molar-refractivity contribution in [2.75, 3.05) is 24.6 Å². The summed E-state index contributed by atoms with van der Waals surface area (Å²) in [4.78, 5) is 13.2. The first-order chi connectivity index (χ1) is 8.72. The fourth-order valence-electron chi connectivity index (χ4n) is 2.43. The number of fused-ring (bicyclic) bond motifs is 1. The number of aliphatic hydroxyl groups is 1. The summed E-state index contributed by atoms with van der Waals surface area (Å²) < 4.78 is 0. The van der Waals surface area contributed by atoms with Gasteiger partial charge in [0.25, 0.3) is 0 Å². The summed E-state index contributed by atoms with van der Waals surface area (Å²) in [5.74, 6) is -0.862. The van der Waals surface area contributed by atoms with Gasteiger partial charge in [-0.15, -0.1) is 0 Å². The highest BCUT2D eigenvalue weighted by Gasteiger charge is 2.19. The van der Waals surface area contributed by atoms with Gasteiger partial charge in [-0.25, -0.2) is 4.79 Å². The van der Waals surface area contributed by atoms with Gasteiger partial charge < -0.3 is 15.1 Å². The molecule has 2 N–H and O–H groups in total. The largest absolute Gasteiger partial charge is 0.478 e. The monoisotopic (exact) mass is 249 g/mol. The number of aliphatic hydroxyl groups excluding tert-OH is 1. The first kappa shape index (κ1) is 12.9. The molecule has 4 nitrogen and oxygen atoms in total. The number of carboxylic acid groups (broad SMARTS) is 1. The van der Waals surface area contributed by atoms with Gasteiger partial charge >= 0.3 is 5.97 Å². The van der Waals surface area contributed by atoms with Crippen LogP contribution in [0, 0.1) is 0 Å². The Bertz CT molecular complexity index is 431. The molecule has 1 aromatic carbocycles. The average Bonchev–Trinajstić information content (AvgIpc) is 2.77. The molecule has 0 amide bonds. The highest BCUT2D eigenvalue weighted by Crippen LogP contribution is 2.29. The molecule has 0 aromatic heterocycles. The maximum absolute atomic E-state index is 10.9. The number of aromatic carboxylic acids is 1. The van der Waals surface area contributed by atoms with E-state index in [4.69, 9.17) is 10.2 Å². The molecule has 0 atom stereocenters. The van der Waals surface area contributed by atoms with Crippen LogP contribution in [0.4, 0.5) is 5.69 Å². The number of benzene rings is 1. The van der Waals surface area contributed by atoms with Gasteiger partial charge in [0.1, 0.15) is 0 Å². The summed E-state index contributed by atoms with van der Waals surface area (Å²) in [6.07, 6.45) is 3.89. The SMILES string of the molecule is O=C(O)c1ccc2c(c1)CCN2CCCCCO. The summed E-state index contributed by atoms with van der Waals surface area (Å²) in [5.41, 5.74) is 2.68. The molecule has 0 spiro atoms. The lowest BCUT2D eigenvalue weighted by Gasteiger charge is -2.19. The van der Waals surface area contributed by atoms with E-state index in [1.165, 1.54) is 5.69 Å². The van der Waals surface area contributed by atoms with Gasteiger partial charge in [0.05, 0.1) is 5.56 Å². The second-order valence-corrected chi connectivity index (χ2v) is 4.67. The van der Waals surface area contributed by atoms with Crippen LogP contribution in [-0.2, 0) is 6.42 Å². The lowest BCUT2D eigenvalue weighted by molar-refractivity contribution is 0.0697. The lowest BCUT2D eigenvalue weighted by Crippen LogP contribution is -2.21. The molecule has 2 rings (SSSR count). The van der Waals surface area contributed by atoms with Gasteiger partial charge in [-0.05, 0) is 49.4 Å². The fourth-order valence-corrected chi connectivity index (χ4v) is 2.43. The van der Waals surface area contributed by atoms with Crippen LogP contribution in [0.15, 0.2) is 18.2 Å². The molecule has 18 heavy (non-hydrogen) atoms. The van der Waals surface area contributed by atoms with Crippen molar-refractivity contribution in [2.24, 2.45) is 0 Å². The Hall–Kier alpha value is -1.55. The zero-order valence-electron chi connectivity index (χ0n) is 10.4. The van der Waals surface area contributed by atoms with Crippen molar-refractivity contribution in [2.45, 2.75) is 25.7 Å². The van der Waals surface area contributed by atoms with E-state index in [0.29, 0.717) is 5.56 Å². The van der Waals surface area contributed by atoms with Gasteiger partial charge in [-0.3, -0.25) is 0 Å². The number of carbonyl (C=O) groups is 1. The van der Waals surface area contributed by atoms with Gasteiger partial charge in [0, 0.05) is 25.4 Å².